The summed E-state index contributed by atoms with van der Waals surface area (Å²) in [6.45, 7) is 0.330. The fourth-order valence-corrected chi connectivity index (χ4v) is 2.10. The van der Waals surface area contributed by atoms with Gasteiger partial charge < -0.3 is 4.90 Å². The maximum atomic E-state index is 12.0. The van der Waals surface area contributed by atoms with Gasteiger partial charge in [0.15, 0.2) is 0 Å². The highest BCUT2D eigenvalue weighted by atomic mass is 32.1. The van der Waals surface area contributed by atoms with Crippen molar-refractivity contribution < 1.29 is 10.0 Å². The van der Waals surface area contributed by atoms with Gasteiger partial charge in [0, 0.05) is 24.3 Å². The van der Waals surface area contributed by atoms with Crippen LogP contribution in [0.3, 0.4) is 0 Å². The number of benzene rings is 2. The summed E-state index contributed by atoms with van der Waals surface area (Å²) in [5.41, 5.74) is 4.44. The Hall–Kier alpha value is -2.94. The predicted molar refractivity (Wildman–Crippen MR) is 103 cm³/mol. The van der Waals surface area contributed by atoms with Crippen molar-refractivity contribution in [3.8, 4) is 11.8 Å². The summed E-state index contributed by atoms with van der Waals surface area (Å²) in [5, 5.41) is 8.77. The highest BCUT2D eigenvalue weighted by Gasteiger charge is 2.02. The van der Waals surface area contributed by atoms with Crippen LogP contribution >= 0.6 is 12.2 Å². The fourth-order valence-electron chi connectivity index (χ4n) is 1.97. The molecular formula is C20H18N2O2S. The third-order valence-electron chi connectivity index (χ3n) is 3.39. The predicted octanol–water partition coefficient (Wildman–Crippen LogP) is 2.86. The smallest absolute Gasteiger partial charge is 0.247 e. The first kappa shape index (κ1) is 18.4. The second-order valence-corrected chi connectivity index (χ2v) is 5.67. The molecule has 0 aromatic heterocycles. The molecule has 0 saturated heterocycles. The second kappa shape index (κ2) is 9.38. The van der Waals surface area contributed by atoms with Crippen LogP contribution in [-0.2, 0) is 4.79 Å². The van der Waals surface area contributed by atoms with E-state index in [2.05, 4.69) is 11.8 Å². The maximum Gasteiger partial charge on any atom is 0.247 e. The Morgan fingerprint density at radius 2 is 1.88 bits per heavy atom. The van der Waals surface area contributed by atoms with E-state index in [9.17, 15) is 4.79 Å². The molecule has 2 rings (SSSR count). The maximum absolute atomic E-state index is 12.0. The van der Waals surface area contributed by atoms with E-state index >= 15 is 0 Å². The SMILES string of the molecule is CN(CC#Cc1ccc(C(=S)NO)cc1)C(=O)C=Cc1ccccc1. The largest absolute Gasteiger partial charge is 0.331 e. The number of hydroxylamine groups is 1. The molecule has 1 amide bonds. The zero-order chi connectivity index (χ0) is 18.1. The Bertz CT molecular complexity index is 818. The lowest BCUT2D eigenvalue weighted by Gasteiger charge is -2.10. The zero-order valence-corrected chi connectivity index (χ0v) is 14.6. The minimum Gasteiger partial charge on any atom is -0.331 e. The van der Waals surface area contributed by atoms with Crippen LogP contribution in [0, 0.1) is 11.8 Å². The van der Waals surface area contributed by atoms with Gasteiger partial charge in [0.2, 0.25) is 5.91 Å². The monoisotopic (exact) mass is 350 g/mol. The van der Waals surface area contributed by atoms with Gasteiger partial charge in [-0.15, -0.1) is 0 Å². The zero-order valence-electron chi connectivity index (χ0n) is 13.8. The van der Waals surface area contributed by atoms with Gasteiger partial charge in [0.05, 0.1) is 6.54 Å². The first-order chi connectivity index (χ1) is 12.1. The van der Waals surface area contributed by atoms with E-state index in [1.54, 1.807) is 30.2 Å². The molecule has 5 heteroatoms. The van der Waals surface area contributed by atoms with Crippen molar-refractivity contribution in [3.05, 3.63) is 77.4 Å². The molecule has 0 fully saturated rings. The number of amides is 1. The lowest BCUT2D eigenvalue weighted by molar-refractivity contribution is -0.124. The number of rotatable bonds is 4. The molecule has 2 N–H and O–H groups in total. The first-order valence-electron chi connectivity index (χ1n) is 7.62. The topological polar surface area (TPSA) is 52.6 Å². The van der Waals surface area contributed by atoms with Crippen molar-refractivity contribution in [1.29, 1.82) is 0 Å². The molecule has 126 valence electrons. The van der Waals surface area contributed by atoms with E-state index in [1.165, 1.54) is 6.08 Å². The van der Waals surface area contributed by atoms with Gasteiger partial charge in [-0.25, -0.2) is 0 Å². The second-order valence-electron chi connectivity index (χ2n) is 5.26. The molecule has 0 aliphatic heterocycles. The van der Waals surface area contributed by atoms with Crippen molar-refractivity contribution in [2.75, 3.05) is 13.6 Å². The van der Waals surface area contributed by atoms with Crippen molar-refractivity contribution in [2.45, 2.75) is 0 Å². The van der Waals surface area contributed by atoms with E-state index in [1.807, 2.05) is 47.9 Å². The van der Waals surface area contributed by atoms with Crippen LogP contribution in [0.25, 0.3) is 6.08 Å². The summed E-state index contributed by atoms with van der Waals surface area (Å²) in [5.74, 6) is 5.86. The Morgan fingerprint density at radius 1 is 1.20 bits per heavy atom. The summed E-state index contributed by atoms with van der Waals surface area (Å²) >= 11 is 4.93. The molecule has 0 aliphatic rings. The van der Waals surface area contributed by atoms with Crippen LogP contribution in [0.4, 0.5) is 0 Å². The number of carbonyl (C=O) groups excluding carboxylic acids is 1. The highest BCUT2D eigenvalue weighted by Crippen LogP contribution is 2.04. The van der Waals surface area contributed by atoms with E-state index in [0.717, 1.165) is 11.1 Å². The number of hydrogen-bond acceptors (Lipinski definition) is 3. The average Bonchev–Trinajstić information content (AvgIpc) is 2.66. The Labute approximate surface area is 152 Å². The molecule has 4 nitrogen and oxygen atoms in total. The summed E-state index contributed by atoms with van der Waals surface area (Å²) in [6.07, 6.45) is 3.32. The van der Waals surface area contributed by atoms with Gasteiger partial charge in [-0.05, 0) is 23.8 Å². The highest BCUT2D eigenvalue weighted by molar-refractivity contribution is 7.80. The minimum absolute atomic E-state index is 0.104. The van der Waals surface area contributed by atoms with Gasteiger partial charge >= 0.3 is 0 Å². The lowest BCUT2D eigenvalue weighted by atomic mass is 10.1. The molecule has 2 aromatic carbocycles. The van der Waals surface area contributed by atoms with Crippen molar-refractivity contribution in [1.82, 2.24) is 10.4 Å². The Morgan fingerprint density at radius 3 is 2.52 bits per heavy atom. The Kier molecular flexibility index (Phi) is 6.90. The molecule has 0 unspecified atom stereocenters. The summed E-state index contributed by atoms with van der Waals surface area (Å²) < 4.78 is 0. The van der Waals surface area contributed by atoms with E-state index in [-0.39, 0.29) is 10.9 Å². The molecule has 2 aromatic rings. The molecular weight excluding hydrogens is 332 g/mol. The molecule has 25 heavy (non-hydrogen) atoms. The van der Waals surface area contributed by atoms with Crippen LogP contribution < -0.4 is 5.48 Å². The number of likely N-dealkylation sites (N-methyl/N-ethyl adjacent to an activating group) is 1. The molecule has 0 atom stereocenters. The normalized spacial score (nSPS) is 10.0. The van der Waals surface area contributed by atoms with Crippen LogP contribution in [-0.4, -0.2) is 34.6 Å². The number of nitrogens with zero attached hydrogens (tertiary/aromatic N) is 1. The first-order valence-corrected chi connectivity index (χ1v) is 8.02. The molecule has 0 heterocycles. The van der Waals surface area contributed by atoms with Crippen LogP contribution in [0.2, 0.25) is 0 Å². The average molecular weight is 350 g/mol. The van der Waals surface area contributed by atoms with Crippen LogP contribution in [0.15, 0.2) is 60.7 Å². The summed E-state index contributed by atoms with van der Waals surface area (Å²) in [6, 6.07) is 16.8. The summed E-state index contributed by atoms with van der Waals surface area (Å²) in [7, 11) is 1.71. The number of thiocarbonyl (C=S) groups is 1. The number of hydrogen-bond donors (Lipinski definition) is 2. The third-order valence-corrected chi connectivity index (χ3v) is 3.72. The molecule has 0 spiro atoms. The van der Waals surface area contributed by atoms with Gasteiger partial charge in [-0.2, -0.15) is 0 Å². The minimum atomic E-state index is -0.104. The number of carbonyl (C=O) groups is 1. The molecule has 0 aliphatic carbocycles. The van der Waals surface area contributed by atoms with E-state index < -0.39 is 0 Å². The molecule has 0 saturated carbocycles. The van der Waals surface area contributed by atoms with Crippen LogP contribution in [0.1, 0.15) is 16.7 Å². The van der Waals surface area contributed by atoms with Crippen LogP contribution in [0.5, 0.6) is 0 Å². The summed E-state index contributed by atoms with van der Waals surface area (Å²) in [4.78, 5) is 13.8. The standard InChI is InChI=1S/C20H18N2O2S/c1-22(19(23)14-11-16-6-3-2-4-7-16)15-5-8-17-9-12-18(13-10-17)20(25)21-24/h2-4,6-7,9-14,24H,15H2,1H3,(H,21,25). The van der Waals surface area contributed by atoms with Gasteiger partial charge in [0.1, 0.15) is 4.99 Å². The van der Waals surface area contributed by atoms with Gasteiger partial charge in [-0.1, -0.05) is 66.5 Å². The van der Waals surface area contributed by atoms with Crippen molar-refractivity contribution in [2.24, 2.45) is 0 Å². The quantitative estimate of drug-likeness (QED) is 0.385. The van der Waals surface area contributed by atoms with Crippen molar-refractivity contribution in [3.63, 3.8) is 0 Å². The number of nitrogens with one attached hydrogen (secondary N) is 1. The van der Waals surface area contributed by atoms with Gasteiger partial charge in [0.25, 0.3) is 0 Å². The fraction of sp³-hybridized carbons (Fsp3) is 0.100. The lowest BCUT2D eigenvalue weighted by Crippen LogP contribution is -2.24. The molecule has 0 radical (unpaired) electrons. The van der Waals surface area contributed by atoms with Crippen molar-refractivity contribution >= 4 is 29.2 Å². The Balaban J connectivity index is 1.90. The van der Waals surface area contributed by atoms with E-state index in [4.69, 9.17) is 17.4 Å². The molecule has 0 bridgehead atoms. The third kappa shape index (κ3) is 5.88. The van der Waals surface area contributed by atoms with Gasteiger partial charge in [-0.3, -0.25) is 15.5 Å². The van der Waals surface area contributed by atoms with E-state index in [0.29, 0.717) is 12.1 Å².